The number of hydrogen-bond donors (Lipinski definition) is 2. The molecule has 104 valence electrons. The van der Waals surface area contributed by atoms with Crippen molar-refractivity contribution < 1.29 is 0 Å². The maximum atomic E-state index is 4.17. The highest BCUT2D eigenvalue weighted by Crippen LogP contribution is 1.97. The van der Waals surface area contributed by atoms with E-state index in [2.05, 4.69) is 55.3 Å². The van der Waals surface area contributed by atoms with Crippen LogP contribution in [-0.4, -0.2) is 50.1 Å². The van der Waals surface area contributed by atoms with Crippen molar-refractivity contribution in [2.24, 2.45) is 4.99 Å². The second-order valence-corrected chi connectivity index (χ2v) is 4.54. The summed E-state index contributed by atoms with van der Waals surface area (Å²) in [4.78, 5) is 6.52. The Bertz CT molecular complexity index is 207. The summed E-state index contributed by atoms with van der Waals surface area (Å²) in [5, 5.41) is 6.57. The number of hydrogen-bond acceptors (Lipinski definition) is 2. The minimum absolute atomic E-state index is 0. The minimum atomic E-state index is 0. The van der Waals surface area contributed by atoms with E-state index in [4.69, 9.17) is 0 Å². The van der Waals surface area contributed by atoms with Crippen molar-refractivity contribution in [1.29, 1.82) is 0 Å². The second-order valence-electron chi connectivity index (χ2n) is 4.54. The molecule has 0 saturated heterocycles. The quantitative estimate of drug-likeness (QED) is 0.434. The maximum absolute atomic E-state index is 4.17. The van der Waals surface area contributed by atoms with E-state index >= 15 is 0 Å². The van der Waals surface area contributed by atoms with E-state index in [1.54, 1.807) is 7.05 Å². The Morgan fingerprint density at radius 2 is 1.88 bits per heavy atom. The number of nitrogens with zero attached hydrogens (tertiary/aromatic N) is 2. The molecule has 5 heteroatoms. The molecular weight excluding hydrogens is 327 g/mol. The van der Waals surface area contributed by atoms with Crippen LogP contribution in [0, 0.1) is 0 Å². The Labute approximate surface area is 124 Å². The topological polar surface area (TPSA) is 39.7 Å². The Hall–Kier alpha value is -0.0400. The van der Waals surface area contributed by atoms with Gasteiger partial charge in [0.05, 0.1) is 0 Å². The molecule has 0 saturated carbocycles. The highest BCUT2D eigenvalue weighted by molar-refractivity contribution is 14.0. The van der Waals surface area contributed by atoms with Crippen molar-refractivity contribution in [2.75, 3.05) is 27.2 Å². The predicted octanol–water partition coefficient (Wildman–Crippen LogP) is 1.91. The lowest BCUT2D eigenvalue weighted by Gasteiger charge is -2.24. The van der Waals surface area contributed by atoms with Crippen molar-refractivity contribution in [3.05, 3.63) is 0 Å². The van der Waals surface area contributed by atoms with Crippen LogP contribution in [0.15, 0.2) is 4.99 Å². The van der Waals surface area contributed by atoms with Gasteiger partial charge in [0.25, 0.3) is 0 Å². The molecule has 0 heterocycles. The molecule has 0 aliphatic heterocycles. The zero-order valence-corrected chi connectivity index (χ0v) is 14.4. The first-order valence-electron chi connectivity index (χ1n) is 6.18. The van der Waals surface area contributed by atoms with E-state index in [9.17, 15) is 0 Å². The van der Waals surface area contributed by atoms with Crippen molar-refractivity contribution in [3.63, 3.8) is 0 Å². The molecule has 2 N–H and O–H groups in total. The zero-order valence-electron chi connectivity index (χ0n) is 12.1. The summed E-state index contributed by atoms with van der Waals surface area (Å²) in [6.07, 6.45) is 1.19. The summed E-state index contributed by atoms with van der Waals surface area (Å²) in [6, 6.07) is 1.06. The molecule has 1 atom stereocenters. The van der Waals surface area contributed by atoms with Crippen LogP contribution in [-0.2, 0) is 0 Å². The first-order chi connectivity index (χ1) is 7.51. The number of guanidine groups is 1. The Balaban J connectivity index is 0. The standard InChI is InChI=1S/C12H28N4.HI/c1-7-11(4)16(6)9-8-14-12(13-5)15-10(2)3;/h10-11H,7-9H2,1-6H3,(H2,13,14,15);1H. The molecule has 4 nitrogen and oxygen atoms in total. The molecule has 0 aliphatic rings. The van der Waals surface area contributed by atoms with Gasteiger partial charge in [-0.25, -0.2) is 0 Å². The van der Waals surface area contributed by atoms with Crippen LogP contribution in [0.4, 0.5) is 0 Å². The monoisotopic (exact) mass is 356 g/mol. The normalized spacial score (nSPS) is 13.5. The van der Waals surface area contributed by atoms with E-state index in [1.165, 1.54) is 6.42 Å². The molecule has 0 rings (SSSR count). The van der Waals surface area contributed by atoms with Gasteiger partial charge in [0.2, 0.25) is 0 Å². The molecular formula is C12H29IN4. The largest absolute Gasteiger partial charge is 0.355 e. The van der Waals surface area contributed by atoms with Crippen LogP contribution in [0.2, 0.25) is 0 Å². The molecule has 0 amide bonds. The second kappa shape index (κ2) is 11.1. The fraction of sp³-hybridized carbons (Fsp3) is 0.917. The number of likely N-dealkylation sites (N-methyl/N-ethyl adjacent to an activating group) is 1. The summed E-state index contributed by atoms with van der Waals surface area (Å²) in [7, 11) is 3.96. The number of nitrogens with one attached hydrogen (secondary N) is 2. The van der Waals surface area contributed by atoms with E-state index in [0.29, 0.717) is 12.1 Å². The fourth-order valence-corrected chi connectivity index (χ4v) is 1.35. The zero-order chi connectivity index (χ0) is 12.6. The van der Waals surface area contributed by atoms with Crippen LogP contribution in [0.5, 0.6) is 0 Å². The smallest absolute Gasteiger partial charge is 0.191 e. The van der Waals surface area contributed by atoms with Gasteiger partial charge in [0.15, 0.2) is 5.96 Å². The van der Waals surface area contributed by atoms with Crippen LogP contribution in [0.3, 0.4) is 0 Å². The van der Waals surface area contributed by atoms with Gasteiger partial charge in [-0.05, 0) is 34.2 Å². The number of aliphatic imine (C=N–C) groups is 1. The van der Waals surface area contributed by atoms with Crippen molar-refractivity contribution >= 4 is 29.9 Å². The highest BCUT2D eigenvalue weighted by Gasteiger charge is 2.06. The molecule has 0 spiro atoms. The molecule has 0 aromatic heterocycles. The molecule has 0 aliphatic carbocycles. The Morgan fingerprint density at radius 1 is 1.29 bits per heavy atom. The van der Waals surface area contributed by atoms with Gasteiger partial charge >= 0.3 is 0 Å². The molecule has 1 unspecified atom stereocenters. The van der Waals surface area contributed by atoms with Crippen LogP contribution in [0.1, 0.15) is 34.1 Å². The third-order valence-corrected chi connectivity index (χ3v) is 2.75. The van der Waals surface area contributed by atoms with Crippen LogP contribution >= 0.6 is 24.0 Å². The third-order valence-electron chi connectivity index (χ3n) is 2.75. The van der Waals surface area contributed by atoms with Gasteiger partial charge < -0.3 is 15.5 Å². The van der Waals surface area contributed by atoms with E-state index in [1.807, 2.05) is 0 Å². The SMILES string of the molecule is CCC(C)N(C)CCNC(=NC)NC(C)C.I. The molecule has 0 bridgehead atoms. The minimum Gasteiger partial charge on any atom is -0.355 e. The van der Waals surface area contributed by atoms with Gasteiger partial charge in [0.1, 0.15) is 0 Å². The molecule has 0 fully saturated rings. The van der Waals surface area contributed by atoms with E-state index in [0.717, 1.165) is 19.0 Å². The van der Waals surface area contributed by atoms with Gasteiger partial charge in [-0.15, -0.1) is 24.0 Å². The van der Waals surface area contributed by atoms with Gasteiger partial charge in [-0.1, -0.05) is 6.92 Å². The maximum Gasteiger partial charge on any atom is 0.191 e. The van der Waals surface area contributed by atoms with Gasteiger partial charge in [-0.3, -0.25) is 4.99 Å². The van der Waals surface area contributed by atoms with E-state index < -0.39 is 0 Å². The molecule has 17 heavy (non-hydrogen) atoms. The average Bonchev–Trinajstić information content (AvgIpc) is 2.25. The van der Waals surface area contributed by atoms with E-state index in [-0.39, 0.29) is 24.0 Å². The summed E-state index contributed by atoms with van der Waals surface area (Å²) < 4.78 is 0. The highest BCUT2D eigenvalue weighted by atomic mass is 127. The average molecular weight is 356 g/mol. The lowest BCUT2D eigenvalue weighted by atomic mass is 10.2. The number of halogens is 1. The summed E-state index contributed by atoms with van der Waals surface area (Å²) in [5.41, 5.74) is 0. The molecule has 0 aromatic rings. The Morgan fingerprint density at radius 3 is 2.29 bits per heavy atom. The third kappa shape index (κ3) is 9.64. The van der Waals surface area contributed by atoms with Crippen molar-refractivity contribution in [3.8, 4) is 0 Å². The van der Waals surface area contributed by atoms with Crippen molar-refractivity contribution in [2.45, 2.75) is 46.2 Å². The molecule has 0 radical (unpaired) electrons. The summed E-state index contributed by atoms with van der Waals surface area (Å²) >= 11 is 0. The summed E-state index contributed by atoms with van der Waals surface area (Å²) in [5.74, 6) is 0.882. The number of rotatable bonds is 6. The first-order valence-corrected chi connectivity index (χ1v) is 6.18. The predicted molar refractivity (Wildman–Crippen MR) is 87.4 cm³/mol. The van der Waals surface area contributed by atoms with Crippen LogP contribution in [0.25, 0.3) is 0 Å². The first kappa shape index (κ1) is 19.3. The van der Waals surface area contributed by atoms with Gasteiger partial charge in [0, 0.05) is 32.2 Å². The van der Waals surface area contributed by atoms with Crippen molar-refractivity contribution in [1.82, 2.24) is 15.5 Å². The summed E-state index contributed by atoms with van der Waals surface area (Å²) in [6.45, 7) is 10.6. The molecule has 0 aromatic carbocycles. The van der Waals surface area contributed by atoms with Crippen LogP contribution < -0.4 is 10.6 Å². The fourth-order valence-electron chi connectivity index (χ4n) is 1.35. The van der Waals surface area contributed by atoms with Gasteiger partial charge in [-0.2, -0.15) is 0 Å². The lowest BCUT2D eigenvalue weighted by Crippen LogP contribution is -2.44. The Kier molecular flexibility index (Phi) is 12.6. The lowest BCUT2D eigenvalue weighted by molar-refractivity contribution is 0.255.